The summed E-state index contributed by atoms with van der Waals surface area (Å²) in [6.07, 6.45) is 7.07. The summed E-state index contributed by atoms with van der Waals surface area (Å²) in [7, 11) is 0. The van der Waals surface area contributed by atoms with Gasteiger partial charge in [-0.2, -0.15) is 0 Å². The number of hydrogen-bond donors (Lipinski definition) is 3. The van der Waals surface area contributed by atoms with Gasteiger partial charge in [-0.05, 0) is 55.2 Å². The van der Waals surface area contributed by atoms with Crippen molar-refractivity contribution in [3.63, 3.8) is 0 Å². The first-order valence-electron chi connectivity index (χ1n) is 11.6. The molecule has 0 saturated carbocycles. The topological polar surface area (TPSA) is 94.8 Å². The van der Waals surface area contributed by atoms with E-state index in [4.69, 9.17) is 0 Å². The van der Waals surface area contributed by atoms with E-state index in [2.05, 4.69) is 29.9 Å². The molecule has 1 aromatic carbocycles. The summed E-state index contributed by atoms with van der Waals surface area (Å²) in [5, 5.41) is 16.0. The molecule has 6 rings (SSSR count). The second-order valence-electron chi connectivity index (χ2n) is 8.97. The molecule has 8 nitrogen and oxygen atoms in total. The molecule has 0 aliphatic carbocycles. The molecule has 0 atom stereocenters. The molecule has 2 aliphatic heterocycles. The summed E-state index contributed by atoms with van der Waals surface area (Å²) < 4.78 is 2.07. The van der Waals surface area contributed by atoms with Crippen molar-refractivity contribution in [1.82, 2.24) is 19.7 Å². The lowest BCUT2D eigenvalue weighted by molar-refractivity contribution is 0.0966. The predicted molar refractivity (Wildman–Crippen MR) is 132 cm³/mol. The lowest BCUT2D eigenvalue weighted by Gasteiger charge is -2.31. The van der Waals surface area contributed by atoms with Gasteiger partial charge in [0.25, 0.3) is 5.91 Å². The van der Waals surface area contributed by atoms with Crippen molar-refractivity contribution in [2.75, 3.05) is 23.3 Å². The van der Waals surface area contributed by atoms with Gasteiger partial charge < -0.3 is 20.6 Å². The van der Waals surface area contributed by atoms with Crippen molar-refractivity contribution in [1.29, 1.82) is 0 Å². The second kappa shape index (κ2) is 8.14. The molecule has 172 valence electrons. The molecule has 3 N–H and O–H groups in total. The molecule has 34 heavy (non-hydrogen) atoms. The molecule has 5 heterocycles. The number of pyridine rings is 2. The van der Waals surface area contributed by atoms with Gasteiger partial charge in [0.05, 0.1) is 41.1 Å². The van der Waals surface area contributed by atoms with Gasteiger partial charge in [-0.25, -0.2) is 9.97 Å². The number of nitrogens with one attached hydrogen (secondary N) is 2. The summed E-state index contributed by atoms with van der Waals surface area (Å²) in [6.45, 7) is 4.17. The maximum absolute atomic E-state index is 12.8. The standard InChI is InChI=1S/C26H26N6O2/c1-16-3-2-10-32-22(15-28-25(16)32)19-5-6-21(24-20(19)14-29-26(24)34)30-23-7-4-17(13-27-23)31-11-8-18(33)9-12-31/h2-7,10,13,15,18,33H,8-9,11-12,14H2,1H3,(H,27,30)(H,29,34). The summed E-state index contributed by atoms with van der Waals surface area (Å²) in [4.78, 5) is 24.2. The van der Waals surface area contributed by atoms with Crippen LogP contribution in [0.5, 0.6) is 0 Å². The maximum atomic E-state index is 12.8. The van der Waals surface area contributed by atoms with Gasteiger partial charge in [0.1, 0.15) is 11.5 Å². The summed E-state index contributed by atoms with van der Waals surface area (Å²) >= 11 is 0. The van der Waals surface area contributed by atoms with Gasteiger partial charge in [-0.1, -0.05) is 12.1 Å². The molecule has 0 unspecified atom stereocenters. The summed E-state index contributed by atoms with van der Waals surface area (Å²) in [6, 6.07) is 12.0. The minimum Gasteiger partial charge on any atom is -0.393 e. The third kappa shape index (κ3) is 3.47. The molecular weight excluding hydrogens is 428 g/mol. The van der Waals surface area contributed by atoms with Crippen LogP contribution in [0, 0.1) is 6.92 Å². The number of aliphatic hydroxyl groups excluding tert-OH is 1. The Morgan fingerprint density at radius 2 is 1.94 bits per heavy atom. The van der Waals surface area contributed by atoms with Crippen molar-refractivity contribution >= 4 is 28.7 Å². The number of hydrogen-bond acceptors (Lipinski definition) is 6. The fourth-order valence-electron chi connectivity index (χ4n) is 4.95. The van der Waals surface area contributed by atoms with Crippen LogP contribution in [0.4, 0.5) is 17.2 Å². The highest BCUT2D eigenvalue weighted by Gasteiger charge is 2.27. The smallest absolute Gasteiger partial charge is 0.254 e. The van der Waals surface area contributed by atoms with Crippen LogP contribution in [0.2, 0.25) is 0 Å². The quantitative estimate of drug-likeness (QED) is 0.436. The van der Waals surface area contributed by atoms with E-state index >= 15 is 0 Å². The lowest BCUT2D eigenvalue weighted by atomic mass is 9.99. The van der Waals surface area contributed by atoms with Crippen molar-refractivity contribution in [2.24, 2.45) is 0 Å². The Balaban J connectivity index is 1.31. The fourth-order valence-corrected chi connectivity index (χ4v) is 4.95. The van der Waals surface area contributed by atoms with Gasteiger partial charge in [0, 0.05) is 31.4 Å². The summed E-state index contributed by atoms with van der Waals surface area (Å²) in [5.74, 6) is 0.591. The van der Waals surface area contributed by atoms with Crippen LogP contribution in [0.25, 0.3) is 16.9 Å². The Morgan fingerprint density at radius 3 is 2.74 bits per heavy atom. The van der Waals surface area contributed by atoms with Crippen LogP contribution in [0.1, 0.15) is 34.3 Å². The number of benzene rings is 1. The monoisotopic (exact) mass is 454 g/mol. The van der Waals surface area contributed by atoms with Crippen LogP contribution >= 0.6 is 0 Å². The summed E-state index contributed by atoms with van der Waals surface area (Å²) in [5.41, 5.74) is 7.36. The van der Waals surface area contributed by atoms with Crippen molar-refractivity contribution in [3.05, 3.63) is 71.7 Å². The first-order valence-corrected chi connectivity index (χ1v) is 11.6. The van der Waals surface area contributed by atoms with Crippen molar-refractivity contribution in [2.45, 2.75) is 32.4 Å². The van der Waals surface area contributed by atoms with Crippen LogP contribution < -0.4 is 15.5 Å². The number of anilines is 3. The average molecular weight is 455 g/mol. The number of amides is 1. The number of fused-ring (bicyclic) bond motifs is 2. The van der Waals surface area contributed by atoms with Crippen LogP contribution in [-0.2, 0) is 6.54 Å². The Morgan fingerprint density at radius 1 is 1.09 bits per heavy atom. The molecule has 0 spiro atoms. The van der Waals surface area contributed by atoms with E-state index < -0.39 is 0 Å². The second-order valence-corrected chi connectivity index (χ2v) is 8.97. The Hall–Kier alpha value is -3.91. The Bertz CT molecular complexity index is 1390. The highest BCUT2D eigenvalue weighted by Crippen LogP contribution is 2.35. The number of aliphatic hydroxyl groups is 1. The number of nitrogens with zero attached hydrogens (tertiary/aromatic N) is 4. The Labute approximate surface area is 197 Å². The molecule has 8 heteroatoms. The lowest BCUT2D eigenvalue weighted by Crippen LogP contribution is -2.35. The number of carbonyl (C=O) groups excluding carboxylic acids is 1. The average Bonchev–Trinajstić information content (AvgIpc) is 3.46. The molecule has 1 fully saturated rings. The maximum Gasteiger partial charge on any atom is 0.254 e. The normalized spacial score (nSPS) is 16.1. The van der Waals surface area contributed by atoms with Crippen LogP contribution in [0.15, 0.2) is 55.0 Å². The van der Waals surface area contributed by atoms with Gasteiger partial charge >= 0.3 is 0 Å². The first-order chi connectivity index (χ1) is 16.6. The van der Waals surface area contributed by atoms with E-state index in [0.717, 1.165) is 65.3 Å². The molecule has 0 bridgehead atoms. The zero-order valence-corrected chi connectivity index (χ0v) is 19.0. The highest BCUT2D eigenvalue weighted by atomic mass is 16.3. The van der Waals surface area contributed by atoms with E-state index in [1.54, 1.807) is 0 Å². The van der Waals surface area contributed by atoms with Gasteiger partial charge in [0.2, 0.25) is 0 Å². The largest absolute Gasteiger partial charge is 0.393 e. The van der Waals surface area contributed by atoms with Gasteiger partial charge in [-0.3, -0.25) is 9.20 Å². The zero-order chi connectivity index (χ0) is 23.2. The minimum absolute atomic E-state index is 0.0900. The molecule has 4 aromatic rings. The minimum atomic E-state index is -0.203. The third-order valence-electron chi connectivity index (χ3n) is 6.81. The number of aromatic nitrogens is 3. The van der Waals surface area contributed by atoms with E-state index in [1.807, 2.05) is 61.9 Å². The molecular formula is C26H26N6O2. The molecule has 0 radical (unpaired) electrons. The highest BCUT2D eigenvalue weighted by molar-refractivity contribution is 6.06. The van der Waals surface area contributed by atoms with Crippen LogP contribution in [-0.4, -0.2) is 44.6 Å². The van der Waals surface area contributed by atoms with Crippen molar-refractivity contribution < 1.29 is 9.90 Å². The van der Waals surface area contributed by atoms with E-state index in [1.165, 1.54) is 0 Å². The Kier molecular flexibility index (Phi) is 4.95. The predicted octanol–water partition coefficient (Wildman–Crippen LogP) is 3.65. The molecule has 1 amide bonds. The third-order valence-corrected chi connectivity index (χ3v) is 6.81. The van der Waals surface area contributed by atoms with E-state index in [0.29, 0.717) is 17.9 Å². The van der Waals surface area contributed by atoms with Crippen molar-refractivity contribution in [3.8, 4) is 11.3 Å². The SMILES string of the molecule is Cc1cccn2c(-c3ccc(Nc4ccc(N5CCC(O)CC5)cn4)c4c3CNC4=O)cnc12. The first kappa shape index (κ1) is 20.7. The van der Waals surface area contributed by atoms with E-state index in [-0.39, 0.29) is 12.0 Å². The van der Waals surface area contributed by atoms with Crippen LogP contribution in [0.3, 0.4) is 0 Å². The number of rotatable bonds is 4. The zero-order valence-electron chi connectivity index (χ0n) is 19.0. The van der Waals surface area contributed by atoms with E-state index in [9.17, 15) is 9.90 Å². The van der Waals surface area contributed by atoms with Gasteiger partial charge in [-0.15, -0.1) is 0 Å². The molecule has 2 aliphatic rings. The number of piperidine rings is 1. The molecule has 3 aromatic heterocycles. The number of aryl methyl sites for hydroxylation is 1. The molecule has 1 saturated heterocycles. The fraction of sp³-hybridized carbons (Fsp3) is 0.269. The number of carbonyl (C=O) groups is 1. The van der Waals surface area contributed by atoms with Gasteiger partial charge in [0.15, 0.2) is 0 Å². The number of imidazole rings is 1.